The zero-order valence-electron chi connectivity index (χ0n) is 15.4. The van der Waals surface area contributed by atoms with Crippen LogP contribution >= 0.6 is 0 Å². The minimum Gasteiger partial charge on any atom is -0.394 e. The summed E-state index contributed by atoms with van der Waals surface area (Å²) in [5.41, 5.74) is 3.47. The summed E-state index contributed by atoms with van der Waals surface area (Å²) in [7, 11) is 0. The van der Waals surface area contributed by atoms with Crippen LogP contribution in [0.25, 0.3) is 11.2 Å². The van der Waals surface area contributed by atoms with Crippen LogP contribution < -0.4 is 5.32 Å². The van der Waals surface area contributed by atoms with E-state index in [2.05, 4.69) is 45.4 Å². The number of aromatic nitrogens is 4. The summed E-state index contributed by atoms with van der Waals surface area (Å²) in [6, 6.07) is 8.33. The molecule has 1 fully saturated rings. The molecule has 1 aliphatic heterocycles. The van der Waals surface area contributed by atoms with E-state index in [1.54, 1.807) is 4.57 Å². The number of nitrogens with zero attached hydrogens (tertiary/aromatic N) is 4. The third kappa shape index (κ3) is 3.45. The van der Waals surface area contributed by atoms with Crippen molar-refractivity contribution in [2.75, 3.05) is 18.5 Å². The van der Waals surface area contributed by atoms with Crippen LogP contribution in [-0.4, -0.2) is 66.3 Å². The van der Waals surface area contributed by atoms with Gasteiger partial charge in [0, 0.05) is 6.54 Å². The predicted molar refractivity (Wildman–Crippen MR) is 102 cm³/mol. The lowest BCUT2D eigenvalue weighted by Gasteiger charge is -2.16. The van der Waals surface area contributed by atoms with Gasteiger partial charge in [-0.2, -0.15) is 0 Å². The fourth-order valence-electron chi connectivity index (χ4n) is 3.47. The van der Waals surface area contributed by atoms with Gasteiger partial charge in [-0.15, -0.1) is 0 Å². The van der Waals surface area contributed by atoms with E-state index in [1.807, 2.05) is 6.07 Å². The van der Waals surface area contributed by atoms with Gasteiger partial charge in [-0.1, -0.05) is 29.8 Å². The molecule has 4 N–H and O–H groups in total. The first-order valence-corrected chi connectivity index (χ1v) is 9.18. The van der Waals surface area contributed by atoms with E-state index in [0.29, 0.717) is 23.5 Å². The van der Waals surface area contributed by atoms with Crippen molar-refractivity contribution in [2.45, 2.75) is 37.9 Å². The highest BCUT2D eigenvalue weighted by molar-refractivity contribution is 5.82. The summed E-state index contributed by atoms with van der Waals surface area (Å²) in [6.45, 7) is 2.35. The number of hydrogen-bond donors (Lipinski definition) is 4. The standard InChI is InChI=1S/C19H23N5O4/c1-11-3-2-4-12(7-11)5-6-20-17-14-18(22-9-21-17)24(10-23-14)19-16(27)15(26)13(8-25)28-19/h2-4,7,9-10,13,15-16,19,25-27H,5-6,8H2,1H3,(H,20,21,22)/t13-,15-,16-,19?/m1/s1. The highest BCUT2D eigenvalue weighted by atomic mass is 16.6. The van der Waals surface area contributed by atoms with Gasteiger partial charge < -0.3 is 25.4 Å². The Balaban J connectivity index is 1.52. The maximum absolute atomic E-state index is 10.3. The molecule has 3 aromatic rings. The van der Waals surface area contributed by atoms with E-state index >= 15 is 0 Å². The van der Waals surface area contributed by atoms with Gasteiger partial charge in [-0.05, 0) is 18.9 Å². The van der Waals surface area contributed by atoms with Gasteiger partial charge >= 0.3 is 0 Å². The lowest BCUT2D eigenvalue weighted by atomic mass is 10.1. The molecular weight excluding hydrogens is 362 g/mol. The molecule has 9 nitrogen and oxygen atoms in total. The Morgan fingerprint density at radius 2 is 2.04 bits per heavy atom. The molecule has 148 valence electrons. The number of ether oxygens (including phenoxy) is 1. The minimum absolute atomic E-state index is 0.387. The number of imidazole rings is 1. The zero-order valence-corrected chi connectivity index (χ0v) is 15.4. The van der Waals surface area contributed by atoms with Crippen LogP contribution in [0.15, 0.2) is 36.9 Å². The quantitative estimate of drug-likeness (QED) is 0.481. The number of aliphatic hydroxyl groups excluding tert-OH is 3. The summed E-state index contributed by atoms with van der Waals surface area (Å²) in [5.74, 6) is 0.586. The SMILES string of the molecule is Cc1cccc(CCNc2ncnc3c2ncn3C2O[C@H](CO)[C@@H](O)[C@H]2O)c1. The molecule has 4 rings (SSSR count). The number of rotatable bonds is 6. The van der Waals surface area contributed by atoms with Crippen LogP contribution in [0.5, 0.6) is 0 Å². The molecule has 4 atom stereocenters. The average molecular weight is 385 g/mol. The third-order valence-corrected chi connectivity index (χ3v) is 4.94. The fraction of sp³-hybridized carbons (Fsp3) is 0.421. The Hall–Kier alpha value is -2.59. The number of benzene rings is 1. The van der Waals surface area contributed by atoms with Gasteiger partial charge in [-0.25, -0.2) is 15.0 Å². The molecule has 1 unspecified atom stereocenters. The van der Waals surface area contributed by atoms with E-state index < -0.39 is 24.5 Å². The maximum atomic E-state index is 10.3. The second-order valence-corrected chi connectivity index (χ2v) is 6.94. The van der Waals surface area contributed by atoms with Crippen molar-refractivity contribution in [3.63, 3.8) is 0 Å². The maximum Gasteiger partial charge on any atom is 0.167 e. The molecule has 0 aliphatic carbocycles. The van der Waals surface area contributed by atoms with E-state index in [-0.39, 0.29) is 6.61 Å². The van der Waals surface area contributed by atoms with Crippen LogP contribution in [-0.2, 0) is 11.2 Å². The second kappa shape index (κ2) is 7.80. The first-order valence-electron chi connectivity index (χ1n) is 9.18. The molecule has 1 aliphatic rings. The normalized spacial score (nSPS) is 24.7. The molecule has 0 radical (unpaired) electrons. The molecule has 1 saturated heterocycles. The molecule has 0 bridgehead atoms. The van der Waals surface area contributed by atoms with Gasteiger partial charge in [0.2, 0.25) is 0 Å². The summed E-state index contributed by atoms with van der Waals surface area (Å²) < 4.78 is 7.12. The molecule has 0 spiro atoms. The van der Waals surface area contributed by atoms with Crippen LogP contribution in [0, 0.1) is 6.92 Å². The summed E-state index contributed by atoms with van der Waals surface area (Å²) in [6.07, 6.45) is -0.368. The van der Waals surface area contributed by atoms with Crippen molar-refractivity contribution in [3.05, 3.63) is 48.0 Å². The molecule has 28 heavy (non-hydrogen) atoms. The number of aryl methyl sites for hydroxylation is 1. The second-order valence-electron chi connectivity index (χ2n) is 6.94. The number of aliphatic hydroxyl groups is 3. The summed E-state index contributed by atoms with van der Waals surface area (Å²) in [4.78, 5) is 12.9. The van der Waals surface area contributed by atoms with Gasteiger partial charge in [0.1, 0.15) is 24.6 Å². The Labute approximate surface area is 161 Å². The molecule has 0 saturated carbocycles. The van der Waals surface area contributed by atoms with Crippen LogP contribution in [0.2, 0.25) is 0 Å². The summed E-state index contributed by atoms with van der Waals surface area (Å²) >= 11 is 0. The number of fused-ring (bicyclic) bond motifs is 1. The Kier molecular flexibility index (Phi) is 5.23. The number of hydrogen-bond acceptors (Lipinski definition) is 8. The van der Waals surface area contributed by atoms with Crippen molar-refractivity contribution in [1.82, 2.24) is 19.5 Å². The first-order chi connectivity index (χ1) is 13.6. The van der Waals surface area contributed by atoms with E-state index in [9.17, 15) is 15.3 Å². The number of nitrogens with one attached hydrogen (secondary N) is 1. The van der Waals surface area contributed by atoms with E-state index in [1.165, 1.54) is 23.8 Å². The van der Waals surface area contributed by atoms with Crippen molar-refractivity contribution in [1.29, 1.82) is 0 Å². The van der Waals surface area contributed by atoms with Crippen molar-refractivity contribution in [3.8, 4) is 0 Å². The molecule has 9 heteroatoms. The molecule has 3 heterocycles. The smallest absolute Gasteiger partial charge is 0.167 e. The molecule has 2 aromatic heterocycles. The van der Waals surface area contributed by atoms with E-state index in [4.69, 9.17) is 4.74 Å². The van der Waals surface area contributed by atoms with Crippen molar-refractivity contribution >= 4 is 17.0 Å². The Bertz CT molecular complexity index is 962. The zero-order chi connectivity index (χ0) is 19.7. The largest absolute Gasteiger partial charge is 0.394 e. The molecular formula is C19H23N5O4. The van der Waals surface area contributed by atoms with Crippen molar-refractivity contribution < 1.29 is 20.1 Å². The average Bonchev–Trinajstić information content (AvgIpc) is 3.24. The van der Waals surface area contributed by atoms with Gasteiger partial charge in [0.25, 0.3) is 0 Å². The van der Waals surface area contributed by atoms with E-state index in [0.717, 1.165) is 6.42 Å². The monoisotopic (exact) mass is 385 g/mol. The highest BCUT2D eigenvalue weighted by Gasteiger charge is 2.44. The van der Waals surface area contributed by atoms with Gasteiger partial charge in [-0.3, -0.25) is 4.57 Å². The van der Waals surface area contributed by atoms with Gasteiger partial charge in [0.15, 0.2) is 23.2 Å². The van der Waals surface area contributed by atoms with Crippen LogP contribution in [0.4, 0.5) is 5.82 Å². The highest BCUT2D eigenvalue weighted by Crippen LogP contribution is 2.32. The first kappa shape index (κ1) is 18.8. The van der Waals surface area contributed by atoms with Crippen LogP contribution in [0.1, 0.15) is 17.4 Å². The fourth-order valence-corrected chi connectivity index (χ4v) is 3.47. The third-order valence-electron chi connectivity index (χ3n) is 4.94. The Morgan fingerprint density at radius 3 is 2.79 bits per heavy atom. The molecule has 0 amide bonds. The minimum atomic E-state index is -1.19. The molecule has 1 aromatic carbocycles. The van der Waals surface area contributed by atoms with Gasteiger partial charge in [0.05, 0.1) is 12.9 Å². The number of anilines is 1. The predicted octanol–water partition coefficient (Wildman–Crippen LogP) is 0.401. The summed E-state index contributed by atoms with van der Waals surface area (Å²) in [5, 5.41) is 32.8. The lowest BCUT2D eigenvalue weighted by molar-refractivity contribution is -0.0511. The Morgan fingerprint density at radius 1 is 1.18 bits per heavy atom. The van der Waals surface area contributed by atoms with Crippen molar-refractivity contribution in [2.24, 2.45) is 0 Å². The topological polar surface area (TPSA) is 126 Å². The van der Waals surface area contributed by atoms with Crippen LogP contribution in [0.3, 0.4) is 0 Å². The lowest BCUT2D eigenvalue weighted by Crippen LogP contribution is -2.33.